The van der Waals surface area contributed by atoms with Gasteiger partial charge in [0.05, 0.1) is 21.2 Å². The van der Waals surface area contributed by atoms with Crippen LogP contribution >= 0.6 is 23.1 Å². The van der Waals surface area contributed by atoms with Gasteiger partial charge in [-0.25, -0.2) is 0 Å². The zero-order valence-electron chi connectivity index (χ0n) is 14.4. The molecule has 4 rings (SSSR count). The van der Waals surface area contributed by atoms with Crippen LogP contribution in [0.5, 0.6) is 0 Å². The van der Waals surface area contributed by atoms with Crippen LogP contribution in [-0.4, -0.2) is 15.7 Å². The molecule has 3 nitrogen and oxygen atoms in total. The van der Waals surface area contributed by atoms with E-state index in [1.807, 2.05) is 32.0 Å². The average molecular weight is 369 g/mol. The Labute approximate surface area is 156 Å². The largest absolute Gasteiger partial charge is 0.288 e. The Balaban J connectivity index is 1.65. The van der Waals surface area contributed by atoms with Crippen LogP contribution in [0, 0.1) is 13.8 Å². The monoisotopic (exact) mass is 368 g/mol. The molecule has 25 heavy (non-hydrogen) atoms. The molecule has 5 heteroatoms. The van der Waals surface area contributed by atoms with Crippen molar-refractivity contribution in [2.45, 2.75) is 49.3 Å². The first-order chi connectivity index (χ1) is 12.1. The van der Waals surface area contributed by atoms with Gasteiger partial charge in [0, 0.05) is 9.77 Å². The fraction of sp³-hybridized carbons (Fsp3) is 0.300. The summed E-state index contributed by atoms with van der Waals surface area (Å²) in [5.41, 5.74) is 3.18. The molecule has 1 aliphatic rings. The SMILES string of the molecule is Cc1nn(C(=O)c2cc3c(s2)CCCC3)c(C)c1Sc1ccccc1. The van der Waals surface area contributed by atoms with Crippen LogP contribution in [0.15, 0.2) is 46.2 Å². The Morgan fingerprint density at radius 2 is 1.92 bits per heavy atom. The summed E-state index contributed by atoms with van der Waals surface area (Å²) in [5, 5.41) is 4.54. The van der Waals surface area contributed by atoms with Crippen LogP contribution in [0.4, 0.5) is 0 Å². The van der Waals surface area contributed by atoms with Gasteiger partial charge in [-0.1, -0.05) is 30.0 Å². The van der Waals surface area contributed by atoms with Gasteiger partial charge >= 0.3 is 0 Å². The Bertz CT molecular complexity index is 901. The number of hydrogen-bond acceptors (Lipinski definition) is 4. The molecule has 0 N–H and O–H groups in total. The summed E-state index contributed by atoms with van der Waals surface area (Å²) in [4.78, 5) is 17.4. The Morgan fingerprint density at radius 1 is 1.16 bits per heavy atom. The summed E-state index contributed by atoms with van der Waals surface area (Å²) in [6.45, 7) is 3.96. The Morgan fingerprint density at radius 3 is 2.68 bits per heavy atom. The van der Waals surface area contributed by atoms with E-state index in [2.05, 4.69) is 23.3 Å². The second-order valence-corrected chi connectivity index (χ2v) is 8.62. The van der Waals surface area contributed by atoms with Crippen molar-refractivity contribution in [3.05, 3.63) is 63.1 Å². The number of nitrogens with zero attached hydrogens (tertiary/aromatic N) is 2. The van der Waals surface area contributed by atoms with E-state index in [0.29, 0.717) is 0 Å². The maximum atomic E-state index is 13.0. The molecule has 0 unspecified atom stereocenters. The average Bonchev–Trinajstić information content (AvgIpc) is 3.18. The van der Waals surface area contributed by atoms with E-state index >= 15 is 0 Å². The van der Waals surface area contributed by atoms with Gasteiger partial charge in [-0.05, 0) is 63.3 Å². The van der Waals surface area contributed by atoms with Crippen LogP contribution < -0.4 is 0 Å². The van der Waals surface area contributed by atoms with E-state index in [1.54, 1.807) is 27.8 Å². The van der Waals surface area contributed by atoms with E-state index in [4.69, 9.17) is 0 Å². The molecule has 0 amide bonds. The summed E-state index contributed by atoms with van der Waals surface area (Å²) < 4.78 is 1.58. The highest BCUT2D eigenvalue weighted by Gasteiger charge is 2.22. The van der Waals surface area contributed by atoms with Crippen LogP contribution in [0.2, 0.25) is 0 Å². The van der Waals surface area contributed by atoms with Gasteiger partial charge in [0.15, 0.2) is 0 Å². The minimum absolute atomic E-state index is 0.0000818. The maximum absolute atomic E-state index is 13.0. The van der Waals surface area contributed by atoms with E-state index in [-0.39, 0.29) is 5.91 Å². The molecule has 1 aliphatic carbocycles. The Hall–Kier alpha value is -1.85. The Kier molecular flexibility index (Phi) is 4.52. The molecule has 0 bridgehead atoms. The smallest absolute Gasteiger partial charge is 0.266 e. The summed E-state index contributed by atoms with van der Waals surface area (Å²) in [6, 6.07) is 12.3. The molecular weight excluding hydrogens is 348 g/mol. The van der Waals surface area contributed by atoms with Gasteiger partial charge in [0.2, 0.25) is 0 Å². The van der Waals surface area contributed by atoms with Crippen molar-refractivity contribution in [2.75, 3.05) is 0 Å². The highest BCUT2D eigenvalue weighted by molar-refractivity contribution is 7.99. The summed E-state index contributed by atoms with van der Waals surface area (Å²) in [5.74, 6) is -0.0000818. The molecule has 0 radical (unpaired) electrons. The molecule has 0 fully saturated rings. The van der Waals surface area contributed by atoms with Crippen molar-refractivity contribution < 1.29 is 4.79 Å². The molecule has 0 saturated carbocycles. The van der Waals surface area contributed by atoms with Crippen molar-refractivity contribution in [3.63, 3.8) is 0 Å². The first-order valence-electron chi connectivity index (χ1n) is 8.59. The van der Waals surface area contributed by atoms with Gasteiger partial charge in [0.25, 0.3) is 5.91 Å². The zero-order valence-corrected chi connectivity index (χ0v) is 16.0. The quantitative estimate of drug-likeness (QED) is 0.631. The molecular formula is C20H20N2OS2. The van der Waals surface area contributed by atoms with Crippen LogP contribution in [0.25, 0.3) is 0 Å². The minimum atomic E-state index is -0.0000818. The second-order valence-electron chi connectivity index (χ2n) is 6.40. The first-order valence-corrected chi connectivity index (χ1v) is 10.2. The number of carbonyl (C=O) groups excluding carboxylic acids is 1. The highest BCUT2D eigenvalue weighted by atomic mass is 32.2. The lowest BCUT2D eigenvalue weighted by Crippen LogP contribution is -2.14. The second kappa shape index (κ2) is 6.81. The highest BCUT2D eigenvalue weighted by Crippen LogP contribution is 2.34. The lowest BCUT2D eigenvalue weighted by molar-refractivity contribution is 0.0946. The van der Waals surface area contributed by atoms with Crippen LogP contribution in [-0.2, 0) is 12.8 Å². The van der Waals surface area contributed by atoms with Crippen molar-refractivity contribution in [2.24, 2.45) is 0 Å². The number of fused-ring (bicyclic) bond motifs is 1. The number of carbonyl (C=O) groups is 1. The van der Waals surface area contributed by atoms with Gasteiger partial charge in [-0.2, -0.15) is 9.78 Å². The molecule has 0 atom stereocenters. The summed E-state index contributed by atoms with van der Waals surface area (Å²) in [6.07, 6.45) is 4.68. The molecule has 1 aromatic carbocycles. The first kappa shape index (κ1) is 16.6. The lowest BCUT2D eigenvalue weighted by atomic mass is 9.99. The van der Waals surface area contributed by atoms with Crippen molar-refractivity contribution in [3.8, 4) is 0 Å². The maximum Gasteiger partial charge on any atom is 0.288 e. The number of benzene rings is 1. The molecule has 128 valence electrons. The molecule has 0 saturated heterocycles. The van der Waals surface area contributed by atoms with E-state index in [0.717, 1.165) is 38.9 Å². The van der Waals surface area contributed by atoms with E-state index in [1.165, 1.54) is 23.3 Å². The fourth-order valence-electron chi connectivity index (χ4n) is 3.28. The summed E-state index contributed by atoms with van der Waals surface area (Å²) in [7, 11) is 0. The van der Waals surface area contributed by atoms with Crippen molar-refractivity contribution in [1.82, 2.24) is 9.78 Å². The van der Waals surface area contributed by atoms with Crippen LogP contribution in [0.3, 0.4) is 0 Å². The fourth-order valence-corrected chi connectivity index (χ4v) is 5.41. The number of aryl methyl sites for hydroxylation is 3. The van der Waals surface area contributed by atoms with Crippen molar-refractivity contribution in [1.29, 1.82) is 0 Å². The van der Waals surface area contributed by atoms with E-state index in [9.17, 15) is 4.79 Å². The van der Waals surface area contributed by atoms with Gasteiger partial charge in [-0.15, -0.1) is 11.3 Å². The summed E-state index contributed by atoms with van der Waals surface area (Å²) >= 11 is 3.32. The molecule has 0 spiro atoms. The predicted octanol–water partition coefficient (Wildman–Crippen LogP) is 5.28. The topological polar surface area (TPSA) is 34.9 Å². The number of aromatic nitrogens is 2. The predicted molar refractivity (Wildman–Crippen MR) is 103 cm³/mol. The van der Waals surface area contributed by atoms with Gasteiger partial charge in [-0.3, -0.25) is 4.79 Å². The number of hydrogen-bond donors (Lipinski definition) is 0. The minimum Gasteiger partial charge on any atom is -0.266 e. The van der Waals surface area contributed by atoms with E-state index < -0.39 is 0 Å². The van der Waals surface area contributed by atoms with Gasteiger partial charge < -0.3 is 0 Å². The third kappa shape index (κ3) is 3.18. The zero-order chi connectivity index (χ0) is 17.4. The van der Waals surface area contributed by atoms with Gasteiger partial charge in [0.1, 0.15) is 0 Å². The third-order valence-corrected chi connectivity index (χ3v) is 7.12. The number of thiophene rings is 1. The number of rotatable bonds is 3. The molecule has 2 aromatic heterocycles. The lowest BCUT2D eigenvalue weighted by Gasteiger charge is -2.08. The molecule has 2 heterocycles. The molecule has 0 aliphatic heterocycles. The third-order valence-electron chi connectivity index (χ3n) is 4.59. The standard InChI is InChI=1S/C20H20N2OS2/c1-13-19(24-16-9-4-3-5-10-16)14(2)22(21-13)20(23)18-12-15-8-6-7-11-17(15)25-18/h3-5,9-10,12H,6-8,11H2,1-2H3. The van der Waals surface area contributed by atoms with Crippen molar-refractivity contribution >= 4 is 29.0 Å². The van der Waals surface area contributed by atoms with Crippen LogP contribution in [0.1, 0.15) is 44.3 Å². The molecule has 3 aromatic rings. The normalized spacial score (nSPS) is 13.7.